The first-order chi connectivity index (χ1) is 17.6. The van der Waals surface area contributed by atoms with Crippen LogP contribution in [0.3, 0.4) is 0 Å². The van der Waals surface area contributed by atoms with Crippen molar-refractivity contribution in [2.75, 3.05) is 6.61 Å². The molecule has 0 spiro atoms. The monoisotopic (exact) mass is 516 g/mol. The molecule has 0 saturated carbocycles. The number of carbonyl (C=O) groups is 3. The fourth-order valence-corrected chi connectivity index (χ4v) is 4.19. The predicted molar refractivity (Wildman–Crippen MR) is 143 cm³/mol. The molecule has 1 aromatic rings. The zero-order valence-electron chi connectivity index (χ0n) is 22.8. The average molecular weight is 517 g/mol. The van der Waals surface area contributed by atoms with Crippen molar-refractivity contribution in [1.82, 2.24) is 15.9 Å². The maximum atomic E-state index is 13.6. The molecule has 9 heteroatoms. The molecule has 3 amide bonds. The van der Waals surface area contributed by atoms with Crippen molar-refractivity contribution in [1.29, 1.82) is 0 Å². The topological polar surface area (TPSA) is 123 Å². The van der Waals surface area contributed by atoms with Gasteiger partial charge in [-0.3, -0.25) is 24.8 Å². The lowest BCUT2D eigenvalue weighted by atomic mass is 9.82. The van der Waals surface area contributed by atoms with Crippen LogP contribution in [0.5, 0.6) is 0 Å². The van der Waals surface area contributed by atoms with Crippen molar-refractivity contribution < 1.29 is 24.0 Å². The summed E-state index contributed by atoms with van der Waals surface area (Å²) in [4.78, 5) is 45.2. The van der Waals surface area contributed by atoms with Crippen LogP contribution < -0.4 is 16.6 Å². The molecule has 0 radical (unpaired) electrons. The first-order valence-electron chi connectivity index (χ1n) is 13.3. The van der Waals surface area contributed by atoms with E-state index in [4.69, 9.17) is 15.3 Å². The summed E-state index contributed by atoms with van der Waals surface area (Å²) < 4.78 is 5.56. The number of benzene rings is 1. The highest BCUT2D eigenvalue weighted by Gasteiger charge is 2.36. The Morgan fingerprint density at radius 1 is 1.08 bits per heavy atom. The van der Waals surface area contributed by atoms with E-state index in [1.807, 2.05) is 56.3 Å². The molecule has 37 heavy (non-hydrogen) atoms. The Hall–Kier alpha value is -2.75. The van der Waals surface area contributed by atoms with E-state index in [-0.39, 0.29) is 12.0 Å². The van der Waals surface area contributed by atoms with E-state index >= 15 is 0 Å². The summed E-state index contributed by atoms with van der Waals surface area (Å²) in [5, 5.41) is 1.25. The Morgan fingerprint density at radius 2 is 1.78 bits per heavy atom. The van der Waals surface area contributed by atoms with Gasteiger partial charge in [0.25, 0.3) is 5.91 Å². The van der Waals surface area contributed by atoms with E-state index in [9.17, 15) is 14.4 Å². The molecule has 1 aromatic carbocycles. The van der Waals surface area contributed by atoms with Crippen LogP contribution in [-0.2, 0) is 24.0 Å². The van der Waals surface area contributed by atoms with Crippen LogP contribution in [0.2, 0.25) is 0 Å². The number of nitrogens with zero attached hydrogens (tertiary/aromatic N) is 1. The van der Waals surface area contributed by atoms with Gasteiger partial charge in [0.05, 0.1) is 17.9 Å². The maximum absolute atomic E-state index is 13.6. The second-order valence-electron chi connectivity index (χ2n) is 10.3. The lowest BCUT2D eigenvalue weighted by Crippen LogP contribution is -2.57. The first kappa shape index (κ1) is 30.5. The molecule has 4 N–H and O–H groups in total. The zero-order chi connectivity index (χ0) is 27.4. The van der Waals surface area contributed by atoms with Crippen molar-refractivity contribution in [3.05, 3.63) is 42.0 Å². The first-order valence-corrected chi connectivity index (χ1v) is 13.3. The van der Waals surface area contributed by atoms with Gasteiger partial charge in [0.1, 0.15) is 0 Å². The van der Waals surface area contributed by atoms with E-state index < -0.39 is 41.9 Å². The van der Waals surface area contributed by atoms with Crippen LogP contribution in [0, 0.1) is 17.8 Å². The highest BCUT2D eigenvalue weighted by atomic mass is 16.8. The zero-order valence-corrected chi connectivity index (χ0v) is 22.8. The lowest BCUT2D eigenvalue weighted by Gasteiger charge is -2.33. The molecule has 1 unspecified atom stereocenters. The highest BCUT2D eigenvalue weighted by molar-refractivity contribution is 5.89. The number of hydrogen-bond donors (Lipinski definition) is 3. The van der Waals surface area contributed by atoms with E-state index in [1.165, 1.54) is 5.01 Å². The van der Waals surface area contributed by atoms with Crippen LogP contribution in [-0.4, -0.2) is 47.7 Å². The summed E-state index contributed by atoms with van der Waals surface area (Å²) in [6, 6.07) is 8.66. The van der Waals surface area contributed by atoms with Gasteiger partial charge in [-0.15, -0.1) is 0 Å². The Balaban J connectivity index is 2.27. The van der Waals surface area contributed by atoms with Gasteiger partial charge in [0.2, 0.25) is 11.8 Å². The third kappa shape index (κ3) is 10.3. The summed E-state index contributed by atoms with van der Waals surface area (Å²) in [6.07, 6.45) is 6.68. The highest BCUT2D eigenvalue weighted by Crippen LogP contribution is 2.26. The van der Waals surface area contributed by atoms with Crippen molar-refractivity contribution in [2.45, 2.75) is 85.1 Å². The van der Waals surface area contributed by atoms with Gasteiger partial charge in [-0.05, 0) is 57.9 Å². The Bertz CT molecular complexity index is 882. The summed E-state index contributed by atoms with van der Waals surface area (Å²) in [6.45, 7) is 9.74. The summed E-state index contributed by atoms with van der Waals surface area (Å²) >= 11 is 0. The van der Waals surface area contributed by atoms with Crippen LogP contribution in [0.25, 0.3) is 6.08 Å². The summed E-state index contributed by atoms with van der Waals surface area (Å²) in [5.74, 6) is -2.51. The number of nitrogens with two attached hydrogens (primary N) is 1. The number of allylic oxidation sites excluding steroid dienone is 1. The van der Waals surface area contributed by atoms with E-state index in [1.54, 1.807) is 20.8 Å². The van der Waals surface area contributed by atoms with Gasteiger partial charge < -0.3 is 10.5 Å². The molecular formula is C28H44N4O5. The molecule has 2 rings (SSSR count). The molecule has 1 aliphatic rings. The number of carbonyl (C=O) groups excluding carboxylic acids is 3. The molecule has 206 valence electrons. The number of nitrogens with one attached hydrogen (secondary N) is 2. The second kappa shape index (κ2) is 15.5. The fraction of sp³-hybridized carbons (Fsp3) is 0.607. The number of ether oxygens (including phenoxy) is 1. The Kier molecular flexibility index (Phi) is 12.8. The Labute approximate surface area is 221 Å². The average Bonchev–Trinajstić information content (AvgIpc) is 2.87. The second-order valence-corrected chi connectivity index (χ2v) is 10.3. The SMILES string of the molecule is CC(C)C[C@@H](C(=O)NN(C(=O)[C@@H](C)N)C(C)C)[C@H](C/C=C/c1ccccc1)C(=O)NOC1CCCCO1. The lowest BCUT2D eigenvalue weighted by molar-refractivity contribution is -0.203. The minimum absolute atomic E-state index is 0.128. The molecule has 4 atom stereocenters. The number of rotatable bonds is 12. The van der Waals surface area contributed by atoms with E-state index in [0.29, 0.717) is 25.9 Å². The predicted octanol–water partition coefficient (Wildman–Crippen LogP) is 3.56. The standard InChI is InChI=1S/C28H44N4O5/c1-19(2)18-24(26(33)30-32(20(3)4)28(35)21(5)29)23(15-11-14-22-12-7-6-8-13-22)27(34)31-37-25-16-9-10-17-36-25/h6-8,11-14,19-21,23-25H,9-10,15-18,29H2,1-5H3,(H,30,33)(H,31,34)/b14-11+/t21-,23+,24-,25?/m1/s1. The van der Waals surface area contributed by atoms with Crippen LogP contribution in [0.1, 0.15) is 72.3 Å². The van der Waals surface area contributed by atoms with E-state index in [0.717, 1.165) is 18.4 Å². The van der Waals surface area contributed by atoms with Crippen molar-refractivity contribution in [2.24, 2.45) is 23.5 Å². The summed E-state index contributed by atoms with van der Waals surface area (Å²) in [7, 11) is 0. The van der Waals surface area contributed by atoms with Gasteiger partial charge in [-0.2, -0.15) is 0 Å². The minimum atomic E-state index is -0.775. The van der Waals surface area contributed by atoms with Crippen LogP contribution >= 0.6 is 0 Å². The molecule has 1 saturated heterocycles. The van der Waals surface area contributed by atoms with Gasteiger partial charge in [-0.25, -0.2) is 10.3 Å². The smallest absolute Gasteiger partial charge is 0.257 e. The van der Waals surface area contributed by atoms with Crippen LogP contribution in [0.4, 0.5) is 0 Å². The van der Waals surface area contributed by atoms with Gasteiger partial charge in [-0.1, -0.05) is 56.3 Å². The van der Waals surface area contributed by atoms with Crippen molar-refractivity contribution in [3.63, 3.8) is 0 Å². The summed E-state index contributed by atoms with van der Waals surface area (Å²) in [5.41, 5.74) is 12.1. The maximum Gasteiger partial charge on any atom is 0.257 e. The molecule has 0 aliphatic carbocycles. The molecule has 0 bridgehead atoms. The van der Waals surface area contributed by atoms with Gasteiger partial charge in [0.15, 0.2) is 6.29 Å². The van der Waals surface area contributed by atoms with Crippen molar-refractivity contribution in [3.8, 4) is 0 Å². The van der Waals surface area contributed by atoms with Crippen molar-refractivity contribution >= 4 is 23.8 Å². The molecule has 1 heterocycles. The molecule has 1 aliphatic heterocycles. The molecule has 0 aromatic heterocycles. The molecular weight excluding hydrogens is 472 g/mol. The van der Waals surface area contributed by atoms with Gasteiger partial charge in [0, 0.05) is 19.1 Å². The number of hydrazine groups is 1. The van der Waals surface area contributed by atoms with Gasteiger partial charge >= 0.3 is 0 Å². The number of hydrogen-bond acceptors (Lipinski definition) is 6. The molecule has 1 fully saturated rings. The third-order valence-electron chi connectivity index (χ3n) is 6.19. The Morgan fingerprint density at radius 3 is 2.35 bits per heavy atom. The minimum Gasteiger partial charge on any atom is -0.350 e. The number of hydroxylamine groups is 1. The number of amides is 3. The third-order valence-corrected chi connectivity index (χ3v) is 6.19. The largest absolute Gasteiger partial charge is 0.350 e. The molecule has 9 nitrogen and oxygen atoms in total. The fourth-order valence-electron chi connectivity index (χ4n) is 4.19. The normalized spacial score (nSPS) is 18.4. The van der Waals surface area contributed by atoms with E-state index in [2.05, 4.69) is 10.9 Å². The quantitative estimate of drug-likeness (QED) is 0.365. The van der Waals surface area contributed by atoms with Crippen LogP contribution in [0.15, 0.2) is 36.4 Å².